The van der Waals surface area contributed by atoms with E-state index in [1.165, 1.54) is 93.5 Å². The second-order valence-corrected chi connectivity index (χ2v) is 13.1. The fourth-order valence-corrected chi connectivity index (χ4v) is 8.37. The fraction of sp³-hybridized carbons (Fsp3) is 0.0417. The molecule has 0 saturated carbocycles. The van der Waals surface area contributed by atoms with E-state index in [4.69, 9.17) is 0 Å². The van der Waals surface area contributed by atoms with Gasteiger partial charge in [-0.25, -0.2) is 0 Å². The minimum atomic E-state index is 1.02. The molecule has 1 aliphatic rings. The van der Waals surface area contributed by atoms with E-state index in [1.807, 2.05) is 0 Å². The molecule has 1 nitrogen and oxygen atoms in total. The van der Waals surface area contributed by atoms with Gasteiger partial charge < -0.3 is 4.57 Å². The highest BCUT2D eigenvalue weighted by molar-refractivity contribution is 6.22. The Hall–Kier alpha value is -6.18. The van der Waals surface area contributed by atoms with Gasteiger partial charge >= 0.3 is 0 Å². The van der Waals surface area contributed by atoms with Crippen molar-refractivity contribution >= 4 is 49.4 Å². The van der Waals surface area contributed by atoms with Crippen molar-refractivity contribution in [3.05, 3.63) is 181 Å². The summed E-state index contributed by atoms with van der Waals surface area (Å²) in [6.07, 6.45) is 6.79. The quantitative estimate of drug-likeness (QED) is 0.172. The van der Waals surface area contributed by atoms with Gasteiger partial charge in [0.15, 0.2) is 0 Å². The van der Waals surface area contributed by atoms with Crippen LogP contribution in [0, 0.1) is 0 Å². The van der Waals surface area contributed by atoms with E-state index in [0.717, 1.165) is 12.8 Å². The van der Waals surface area contributed by atoms with Gasteiger partial charge in [-0.05, 0) is 109 Å². The van der Waals surface area contributed by atoms with Crippen molar-refractivity contribution in [3.8, 4) is 39.1 Å². The van der Waals surface area contributed by atoms with Crippen molar-refractivity contribution in [1.29, 1.82) is 0 Å². The third-order valence-corrected chi connectivity index (χ3v) is 10.5. The summed E-state index contributed by atoms with van der Waals surface area (Å²) in [4.78, 5) is 0. The Morgan fingerprint density at radius 1 is 0.408 bits per heavy atom. The van der Waals surface area contributed by atoms with Crippen LogP contribution in [0.1, 0.15) is 17.5 Å². The van der Waals surface area contributed by atoms with E-state index in [2.05, 4.69) is 181 Å². The standard InChI is InChI=1S/C48H33N/c1-3-15-32(16-4-1)47-39-22-9-11-24-41(39)48(42-25-12-10-23-40(42)47)43-29-28-35(36-19-7-8-20-37(36)43)33-27-30-46-44(31-33)38-21-13-14-26-45(38)49(46)34-17-5-2-6-18-34/h1-7,9-19,21-31H,8,20H2. The average molecular weight is 624 g/mol. The number of para-hydroxylation sites is 2. The second kappa shape index (κ2) is 11.2. The van der Waals surface area contributed by atoms with Crippen LogP contribution in [0.15, 0.2) is 170 Å². The molecule has 0 atom stereocenters. The number of rotatable bonds is 4. The first kappa shape index (κ1) is 27.9. The maximum Gasteiger partial charge on any atom is 0.0541 e. The molecular weight excluding hydrogens is 591 g/mol. The van der Waals surface area contributed by atoms with E-state index < -0.39 is 0 Å². The predicted molar refractivity (Wildman–Crippen MR) is 209 cm³/mol. The van der Waals surface area contributed by atoms with Gasteiger partial charge in [-0.2, -0.15) is 0 Å². The van der Waals surface area contributed by atoms with Gasteiger partial charge in [0.1, 0.15) is 0 Å². The molecule has 0 saturated heterocycles. The smallest absolute Gasteiger partial charge is 0.0541 e. The molecule has 0 aliphatic heterocycles. The lowest BCUT2D eigenvalue weighted by molar-refractivity contribution is 0.989. The molecule has 1 heterocycles. The topological polar surface area (TPSA) is 4.93 Å². The summed E-state index contributed by atoms with van der Waals surface area (Å²) >= 11 is 0. The summed E-state index contributed by atoms with van der Waals surface area (Å²) in [5.41, 5.74) is 14.2. The molecule has 230 valence electrons. The molecular formula is C48H33N. The summed E-state index contributed by atoms with van der Waals surface area (Å²) in [6, 6.07) is 60.2. The number of hydrogen-bond acceptors (Lipinski definition) is 0. The maximum absolute atomic E-state index is 2.41. The van der Waals surface area contributed by atoms with Crippen LogP contribution in [0.25, 0.3) is 88.5 Å². The van der Waals surface area contributed by atoms with E-state index in [-0.39, 0.29) is 0 Å². The largest absolute Gasteiger partial charge is 0.309 e. The third kappa shape index (κ3) is 4.33. The Morgan fingerprint density at radius 2 is 0.980 bits per heavy atom. The zero-order valence-electron chi connectivity index (χ0n) is 27.1. The van der Waals surface area contributed by atoms with Crippen LogP contribution in [0.4, 0.5) is 0 Å². The number of benzene rings is 8. The Labute approximate surface area is 286 Å². The number of hydrogen-bond donors (Lipinski definition) is 0. The van der Waals surface area contributed by atoms with Crippen molar-refractivity contribution in [2.75, 3.05) is 0 Å². The zero-order valence-corrected chi connectivity index (χ0v) is 27.1. The highest BCUT2D eigenvalue weighted by Crippen LogP contribution is 2.47. The minimum Gasteiger partial charge on any atom is -0.309 e. The fourth-order valence-electron chi connectivity index (χ4n) is 8.37. The SMILES string of the molecule is C1=Cc2c(-c3ccc4c(c3)c3ccccc3n4-c3ccccc3)ccc(-c3c4ccccc4c(-c4ccccc4)c4ccccc34)c2CC1. The van der Waals surface area contributed by atoms with E-state index in [9.17, 15) is 0 Å². The van der Waals surface area contributed by atoms with Crippen LogP contribution in [-0.4, -0.2) is 4.57 Å². The Kier molecular flexibility index (Phi) is 6.38. The molecule has 0 N–H and O–H groups in total. The van der Waals surface area contributed by atoms with Gasteiger partial charge in [0, 0.05) is 16.5 Å². The number of nitrogens with zero attached hydrogens (tertiary/aromatic N) is 1. The van der Waals surface area contributed by atoms with Gasteiger partial charge in [0.05, 0.1) is 11.0 Å². The van der Waals surface area contributed by atoms with Crippen molar-refractivity contribution < 1.29 is 0 Å². The lowest BCUT2D eigenvalue weighted by Crippen LogP contribution is -2.01. The molecule has 10 rings (SSSR count). The van der Waals surface area contributed by atoms with Crippen LogP contribution in [0.5, 0.6) is 0 Å². The molecule has 0 radical (unpaired) electrons. The monoisotopic (exact) mass is 623 g/mol. The van der Waals surface area contributed by atoms with Crippen LogP contribution >= 0.6 is 0 Å². The van der Waals surface area contributed by atoms with Crippen molar-refractivity contribution in [1.82, 2.24) is 4.57 Å². The normalized spacial score (nSPS) is 12.7. The highest BCUT2D eigenvalue weighted by atomic mass is 15.0. The van der Waals surface area contributed by atoms with Crippen molar-refractivity contribution in [3.63, 3.8) is 0 Å². The summed E-state index contributed by atoms with van der Waals surface area (Å²) < 4.78 is 2.39. The lowest BCUT2D eigenvalue weighted by Gasteiger charge is -2.23. The zero-order chi connectivity index (χ0) is 32.3. The van der Waals surface area contributed by atoms with Gasteiger partial charge in [0.2, 0.25) is 0 Å². The van der Waals surface area contributed by atoms with Gasteiger partial charge in [-0.1, -0.05) is 146 Å². The summed E-state index contributed by atoms with van der Waals surface area (Å²) in [7, 11) is 0. The van der Waals surface area contributed by atoms with Gasteiger partial charge in [-0.3, -0.25) is 0 Å². The van der Waals surface area contributed by atoms with Crippen LogP contribution in [-0.2, 0) is 6.42 Å². The van der Waals surface area contributed by atoms with Gasteiger partial charge in [-0.15, -0.1) is 0 Å². The first-order valence-electron chi connectivity index (χ1n) is 17.3. The minimum absolute atomic E-state index is 1.02. The van der Waals surface area contributed by atoms with Crippen LogP contribution in [0.2, 0.25) is 0 Å². The highest BCUT2D eigenvalue weighted by Gasteiger charge is 2.22. The molecule has 1 aromatic heterocycles. The Morgan fingerprint density at radius 3 is 1.69 bits per heavy atom. The third-order valence-electron chi connectivity index (χ3n) is 10.5. The Bertz CT molecular complexity index is 2690. The number of allylic oxidation sites excluding steroid dienone is 1. The molecule has 49 heavy (non-hydrogen) atoms. The van der Waals surface area contributed by atoms with E-state index in [1.54, 1.807) is 0 Å². The van der Waals surface area contributed by atoms with Crippen LogP contribution in [0.3, 0.4) is 0 Å². The molecule has 0 unspecified atom stereocenters. The van der Waals surface area contributed by atoms with Gasteiger partial charge in [0.25, 0.3) is 0 Å². The summed E-state index contributed by atoms with van der Waals surface area (Å²) in [5, 5.41) is 7.77. The summed E-state index contributed by atoms with van der Waals surface area (Å²) in [6.45, 7) is 0. The number of aromatic nitrogens is 1. The second-order valence-electron chi connectivity index (χ2n) is 13.1. The van der Waals surface area contributed by atoms with Crippen molar-refractivity contribution in [2.24, 2.45) is 0 Å². The molecule has 9 aromatic rings. The molecule has 1 aliphatic carbocycles. The van der Waals surface area contributed by atoms with E-state index in [0.29, 0.717) is 0 Å². The number of fused-ring (bicyclic) bond motifs is 6. The molecule has 0 fully saturated rings. The first-order chi connectivity index (χ1) is 24.3. The predicted octanol–water partition coefficient (Wildman–Crippen LogP) is 13.1. The lowest BCUT2D eigenvalue weighted by atomic mass is 9.80. The average Bonchev–Trinajstić information content (AvgIpc) is 3.51. The van der Waals surface area contributed by atoms with Crippen LogP contribution < -0.4 is 0 Å². The maximum atomic E-state index is 2.41. The molecule has 8 aromatic carbocycles. The molecule has 0 spiro atoms. The Balaban J connectivity index is 1.22. The molecule has 1 heteroatoms. The van der Waals surface area contributed by atoms with E-state index >= 15 is 0 Å². The molecule has 0 amide bonds. The van der Waals surface area contributed by atoms with Crippen molar-refractivity contribution in [2.45, 2.75) is 12.8 Å². The summed E-state index contributed by atoms with van der Waals surface area (Å²) in [5.74, 6) is 0. The first-order valence-corrected chi connectivity index (χ1v) is 17.3. The molecule has 0 bridgehead atoms.